The zero-order chi connectivity index (χ0) is 16.3. The molecule has 1 aromatic carbocycles. The van der Waals surface area contributed by atoms with Crippen molar-refractivity contribution in [3.05, 3.63) is 35.4 Å². The van der Waals surface area contributed by atoms with Gasteiger partial charge in [0.15, 0.2) is 0 Å². The maximum atomic E-state index is 12.5. The highest BCUT2D eigenvalue weighted by atomic mass is 16.4. The monoisotopic (exact) mass is 303 g/mol. The number of carbonyl (C=O) groups is 2. The summed E-state index contributed by atoms with van der Waals surface area (Å²) in [7, 11) is 0. The fourth-order valence-corrected chi connectivity index (χ4v) is 3.17. The number of hydrogen-bond donors (Lipinski definition) is 2. The van der Waals surface area contributed by atoms with Gasteiger partial charge in [-0.3, -0.25) is 9.59 Å². The van der Waals surface area contributed by atoms with Gasteiger partial charge >= 0.3 is 5.97 Å². The molecule has 0 radical (unpaired) electrons. The molecule has 1 aromatic rings. The maximum absolute atomic E-state index is 12.5. The van der Waals surface area contributed by atoms with E-state index in [-0.39, 0.29) is 17.7 Å². The number of aryl methyl sites for hydroxylation is 1. The van der Waals surface area contributed by atoms with Crippen molar-refractivity contribution < 1.29 is 14.7 Å². The maximum Gasteiger partial charge on any atom is 0.306 e. The van der Waals surface area contributed by atoms with Crippen molar-refractivity contribution in [2.75, 3.05) is 0 Å². The first-order chi connectivity index (χ1) is 10.3. The van der Waals surface area contributed by atoms with E-state index in [1.807, 2.05) is 39.0 Å². The third-order valence-corrected chi connectivity index (χ3v) is 4.57. The van der Waals surface area contributed by atoms with Gasteiger partial charge in [-0.25, -0.2) is 0 Å². The predicted octanol–water partition coefficient (Wildman–Crippen LogP) is 3.24. The van der Waals surface area contributed by atoms with Crippen LogP contribution in [-0.4, -0.2) is 17.0 Å². The number of aliphatic carboxylic acids is 1. The van der Waals surface area contributed by atoms with Crippen molar-refractivity contribution in [3.63, 3.8) is 0 Å². The molecule has 1 aliphatic rings. The largest absolute Gasteiger partial charge is 0.481 e. The highest BCUT2D eigenvalue weighted by Crippen LogP contribution is 2.30. The first-order valence-corrected chi connectivity index (χ1v) is 7.91. The Kier molecular flexibility index (Phi) is 4.89. The molecular weight excluding hydrogens is 278 g/mol. The Hall–Kier alpha value is -1.84. The van der Waals surface area contributed by atoms with Crippen LogP contribution in [0, 0.1) is 18.8 Å². The second-order valence-electron chi connectivity index (χ2n) is 6.88. The number of rotatable bonds is 4. The Morgan fingerprint density at radius 1 is 1.23 bits per heavy atom. The molecule has 1 fully saturated rings. The van der Waals surface area contributed by atoms with Crippen LogP contribution in [0.3, 0.4) is 0 Å². The standard InChI is InChI=1S/C18H25NO3/c1-12-6-4-9-15(10-12)18(2,3)19-16(20)13-7-5-8-14(11-13)17(21)22/h4,6,9-10,13-14H,5,7-8,11H2,1-3H3,(H,19,20)(H,21,22). The number of amides is 1. The van der Waals surface area contributed by atoms with E-state index < -0.39 is 11.5 Å². The first-order valence-electron chi connectivity index (χ1n) is 7.91. The fraction of sp³-hybridized carbons (Fsp3) is 0.556. The lowest BCUT2D eigenvalue weighted by Gasteiger charge is -2.32. The summed E-state index contributed by atoms with van der Waals surface area (Å²) in [5.41, 5.74) is 1.76. The van der Waals surface area contributed by atoms with Crippen LogP contribution in [-0.2, 0) is 15.1 Å². The minimum absolute atomic E-state index is 0.0301. The molecule has 1 saturated carbocycles. The zero-order valence-corrected chi connectivity index (χ0v) is 13.6. The van der Waals surface area contributed by atoms with Gasteiger partial charge in [-0.05, 0) is 45.6 Å². The van der Waals surface area contributed by atoms with E-state index in [4.69, 9.17) is 5.11 Å². The van der Waals surface area contributed by atoms with E-state index >= 15 is 0 Å². The number of carboxylic acids is 1. The minimum Gasteiger partial charge on any atom is -0.481 e. The predicted molar refractivity (Wildman–Crippen MR) is 85.4 cm³/mol. The summed E-state index contributed by atoms with van der Waals surface area (Å²) >= 11 is 0. The van der Waals surface area contributed by atoms with Gasteiger partial charge in [0.05, 0.1) is 11.5 Å². The smallest absolute Gasteiger partial charge is 0.306 e. The summed E-state index contributed by atoms with van der Waals surface area (Å²) in [5.74, 6) is -1.39. The van der Waals surface area contributed by atoms with E-state index in [0.29, 0.717) is 12.8 Å². The fourth-order valence-electron chi connectivity index (χ4n) is 3.17. The van der Waals surface area contributed by atoms with Crippen LogP contribution in [0.15, 0.2) is 24.3 Å². The van der Waals surface area contributed by atoms with Gasteiger partial charge in [-0.15, -0.1) is 0 Å². The molecule has 1 amide bonds. The van der Waals surface area contributed by atoms with Crippen molar-refractivity contribution in [2.24, 2.45) is 11.8 Å². The minimum atomic E-state index is -0.782. The molecule has 0 aromatic heterocycles. The van der Waals surface area contributed by atoms with Crippen molar-refractivity contribution >= 4 is 11.9 Å². The van der Waals surface area contributed by atoms with Gasteiger partial charge < -0.3 is 10.4 Å². The van der Waals surface area contributed by atoms with Crippen LogP contribution in [0.2, 0.25) is 0 Å². The Labute approximate surface area is 131 Å². The molecule has 2 atom stereocenters. The first kappa shape index (κ1) is 16.5. The molecule has 120 valence electrons. The number of nitrogens with one attached hydrogen (secondary N) is 1. The third kappa shape index (κ3) is 3.87. The van der Waals surface area contributed by atoms with E-state index in [9.17, 15) is 9.59 Å². The molecule has 0 saturated heterocycles. The Morgan fingerprint density at radius 2 is 1.91 bits per heavy atom. The summed E-state index contributed by atoms with van der Waals surface area (Å²) in [6.45, 7) is 5.99. The number of carbonyl (C=O) groups excluding carboxylic acids is 1. The average Bonchev–Trinajstić information content (AvgIpc) is 2.47. The van der Waals surface area contributed by atoms with Gasteiger partial charge in [0, 0.05) is 5.92 Å². The Bertz CT molecular complexity index is 565. The van der Waals surface area contributed by atoms with Gasteiger partial charge in [-0.1, -0.05) is 36.2 Å². The average molecular weight is 303 g/mol. The van der Waals surface area contributed by atoms with Crippen molar-refractivity contribution in [1.29, 1.82) is 0 Å². The lowest BCUT2D eigenvalue weighted by molar-refractivity contribution is -0.144. The molecule has 2 N–H and O–H groups in total. The summed E-state index contributed by atoms with van der Waals surface area (Å²) in [6, 6.07) is 8.09. The number of hydrogen-bond acceptors (Lipinski definition) is 2. The van der Waals surface area contributed by atoms with Crippen molar-refractivity contribution in [2.45, 2.75) is 52.0 Å². The molecule has 0 heterocycles. The van der Waals surface area contributed by atoms with Gasteiger partial charge in [-0.2, -0.15) is 0 Å². The van der Waals surface area contributed by atoms with E-state index in [1.54, 1.807) is 0 Å². The van der Waals surface area contributed by atoms with Gasteiger partial charge in [0.1, 0.15) is 0 Å². The van der Waals surface area contributed by atoms with Crippen LogP contribution in [0.25, 0.3) is 0 Å². The summed E-state index contributed by atoms with van der Waals surface area (Å²) in [4.78, 5) is 23.7. The molecule has 0 aliphatic heterocycles. The van der Waals surface area contributed by atoms with Crippen molar-refractivity contribution in [1.82, 2.24) is 5.32 Å². The van der Waals surface area contributed by atoms with Crippen LogP contribution in [0.4, 0.5) is 0 Å². The Balaban J connectivity index is 2.05. The molecule has 1 aliphatic carbocycles. The third-order valence-electron chi connectivity index (χ3n) is 4.57. The van der Waals surface area contributed by atoms with E-state index in [0.717, 1.165) is 24.0 Å². The topological polar surface area (TPSA) is 66.4 Å². The SMILES string of the molecule is Cc1cccc(C(C)(C)NC(=O)C2CCCC(C(=O)O)C2)c1. The molecule has 0 spiro atoms. The van der Waals surface area contributed by atoms with Gasteiger partial charge in [0.25, 0.3) is 0 Å². The highest BCUT2D eigenvalue weighted by Gasteiger charge is 2.33. The molecule has 22 heavy (non-hydrogen) atoms. The quantitative estimate of drug-likeness (QED) is 0.897. The second-order valence-corrected chi connectivity index (χ2v) is 6.88. The van der Waals surface area contributed by atoms with Gasteiger partial charge in [0.2, 0.25) is 5.91 Å². The molecule has 0 bridgehead atoms. The van der Waals surface area contributed by atoms with Crippen LogP contribution < -0.4 is 5.32 Å². The molecule has 2 unspecified atom stereocenters. The summed E-state index contributed by atoms with van der Waals surface area (Å²) in [5, 5.41) is 12.2. The normalized spacial score (nSPS) is 22.1. The molecular formula is C18H25NO3. The van der Waals surface area contributed by atoms with Crippen LogP contribution in [0.1, 0.15) is 50.7 Å². The van der Waals surface area contributed by atoms with Crippen LogP contribution >= 0.6 is 0 Å². The van der Waals surface area contributed by atoms with E-state index in [1.165, 1.54) is 0 Å². The molecule has 4 nitrogen and oxygen atoms in total. The van der Waals surface area contributed by atoms with Crippen LogP contribution in [0.5, 0.6) is 0 Å². The Morgan fingerprint density at radius 3 is 2.55 bits per heavy atom. The lowest BCUT2D eigenvalue weighted by Crippen LogP contribution is -2.45. The van der Waals surface area contributed by atoms with Crippen molar-refractivity contribution in [3.8, 4) is 0 Å². The van der Waals surface area contributed by atoms with E-state index in [2.05, 4.69) is 11.4 Å². The zero-order valence-electron chi connectivity index (χ0n) is 13.6. The number of carboxylic acid groups (broad SMARTS) is 1. The highest BCUT2D eigenvalue weighted by molar-refractivity contribution is 5.81. The lowest BCUT2D eigenvalue weighted by atomic mass is 9.80. The molecule has 2 rings (SSSR count). The second kappa shape index (κ2) is 6.51. The molecule has 4 heteroatoms. The number of benzene rings is 1. The summed E-state index contributed by atoms with van der Waals surface area (Å²) in [6.07, 6.45) is 2.71. The summed E-state index contributed by atoms with van der Waals surface area (Å²) < 4.78 is 0.